The van der Waals surface area contributed by atoms with Crippen molar-refractivity contribution in [1.29, 1.82) is 0 Å². The molecule has 8 heteroatoms. The lowest BCUT2D eigenvalue weighted by Crippen LogP contribution is -2.35. The first kappa shape index (κ1) is 23.0. The number of hydrogen-bond donors (Lipinski definition) is 0. The number of ether oxygens (including phenoxy) is 3. The van der Waals surface area contributed by atoms with Crippen molar-refractivity contribution in [2.75, 3.05) is 33.0 Å². The first-order valence-corrected chi connectivity index (χ1v) is 10.6. The summed E-state index contributed by atoms with van der Waals surface area (Å²) in [5.41, 5.74) is 1.29. The summed E-state index contributed by atoms with van der Waals surface area (Å²) in [5.74, 6) is -0.569. The summed E-state index contributed by atoms with van der Waals surface area (Å²) in [5, 5.41) is 2.34. The van der Waals surface area contributed by atoms with E-state index < -0.39 is 5.97 Å². The van der Waals surface area contributed by atoms with E-state index in [2.05, 4.69) is 4.98 Å². The average molecular weight is 421 g/mol. The Kier molecular flexibility index (Phi) is 10.3. The zero-order valence-corrected chi connectivity index (χ0v) is 17.8. The van der Waals surface area contributed by atoms with Gasteiger partial charge >= 0.3 is 5.97 Å². The minimum Gasteiger partial charge on any atom is -0.461 e. The Morgan fingerprint density at radius 1 is 1.10 bits per heavy atom. The molecule has 0 aliphatic rings. The van der Waals surface area contributed by atoms with Crippen LogP contribution in [0.2, 0.25) is 0 Å². The largest absolute Gasteiger partial charge is 0.461 e. The molecular formula is C21H28N2O5S. The molecule has 0 radical (unpaired) electrons. The molecule has 0 fully saturated rings. The van der Waals surface area contributed by atoms with Gasteiger partial charge in [-0.05, 0) is 25.8 Å². The van der Waals surface area contributed by atoms with Gasteiger partial charge in [0, 0.05) is 25.1 Å². The van der Waals surface area contributed by atoms with Gasteiger partial charge in [-0.1, -0.05) is 30.3 Å². The summed E-state index contributed by atoms with van der Waals surface area (Å²) < 4.78 is 15.9. The Hall–Kier alpha value is -2.29. The van der Waals surface area contributed by atoms with Crippen molar-refractivity contribution in [2.45, 2.75) is 33.4 Å². The van der Waals surface area contributed by atoms with E-state index in [9.17, 15) is 9.59 Å². The quantitative estimate of drug-likeness (QED) is 0.366. The minimum atomic E-state index is -0.449. The molecule has 2 aromatic rings. The second-order valence-corrected chi connectivity index (χ2v) is 7.13. The fourth-order valence-corrected chi connectivity index (χ4v) is 3.34. The Balaban J connectivity index is 1.92. The molecule has 1 aromatic heterocycles. The van der Waals surface area contributed by atoms with Crippen LogP contribution in [0.1, 0.15) is 41.3 Å². The number of amides is 1. The molecule has 0 bridgehead atoms. The maximum atomic E-state index is 12.7. The zero-order chi connectivity index (χ0) is 20.9. The third kappa shape index (κ3) is 8.31. The van der Waals surface area contributed by atoms with Crippen LogP contribution in [0.15, 0.2) is 35.7 Å². The van der Waals surface area contributed by atoms with Crippen LogP contribution >= 0.6 is 11.3 Å². The summed E-state index contributed by atoms with van der Waals surface area (Å²) in [6, 6.07) is 9.72. The van der Waals surface area contributed by atoms with Gasteiger partial charge in [0.15, 0.2) is 5.69 Å². The molecule has 1 aromatic carbocycles. The first-order chi connectivity index (χ1) is 14.1. The topological polar surface area (TPSA) is 78.0 Å². The maximum absolute atomic E-state index is 12.7. The highest BCUT2D eigenvalue weighted by Gasteiger charge is 2.18. The zero-order valence-electron chi connectivity index (χ0n) is 17.0. The summed E-state index contributed by atoms with van der Waals surface area (Å²) in [4.78, 5) is 30.5. The van der Waals surface area contributed by atoms with E-state index in [1.54, 1.807) is 17.2 Å². The van der Waals surface area contributed by atoms with Crippen molar-refractivity contribution < 1.29 is 23.8 Å². The molecule has 1 amide bonds. The number of hydrogen-bond acceptors (Lipinski definition) is 7. The molecule has 0 aliphatic carbocycles. The van der Waals surface area contributed by atoms with E-state index >= 15 is 0 Å². The van der Waals surface area contributed by atoms with Crippen LogP contribution in [0.25, 0.3) is 0 Å². The lowest BCUT2D eigenvalue weighted by molar-refractivity contribution is -0.137. The van der Waals surface area contributed by atoms with Gasteiger partial charge in [-0.25, -0.2) is 9.78 Å². The third-order valence-electron chi connectivity index (χ3n) is 3.97. The highest BCUT2D eigenvalue weighted by atomic mass is 32.1. The van der Waals surface area contributed by atoms with E-state index in [1.807, 2.05) is 37.3 Å². The number of carbonyl (C=O) groups excluding carboxylic acids is 2. The van der Waals surface area contributed by atoms with Gasteiger partial charge in [0.1, 0.15) is 11.6 Å². The molecule has 0 saturated heterocycles. The standard InChI is InChI=1S/C21H28N2O5S/c1-3-26-12-8-11-23(13-19-22-18(16-29-19)21(25)28-4-2)20(24)15-27-14-17-9-6-5-7-10-17/h5-7,9-10,16H,3-4,8,11-15H2,1-2H3. The fourth-order valence-electron chi connectivity index (χ4n) is 2.56. The smallest absolute Gasteiger partial charge is 0.357 e. The van der Waals surface area contributed by atoms with E-state index in [-0.39, 0.29) is 18.2 Å². The van der Waals surface area contributed by atoms with Crippen LogP contribution in [0, 0.1) is 0 Å². The van der Waals surface area contributed by atoms with Crippen LogP contribution in [0.5, 0.6) is 0 Å². The fraction of sp³-hybridized carbons (Fsp3) is 0.476. The third-order valence-corrected chi connectivity index (χ3v) is 4.81. The van der Waals surface area contributed by atoms with Crippen molar-refractivity contribution in [2.24, 2.45) is 0 Å². The summed E-state index contributed by atoms with van der Waals surface area (Å²) in [7, 11) is 0. The predicted octanol–water partition coefficient (Wildman–Crippen LogP) is 3.29. The molecule has 0 spiro atoms. The normalized spacial score (nSPS) is 10.7. The Morgan fingerprint density at radius 3 is 2.62 bits per heavy atom. The molecule has 0 atom stereocenters. The van der Waals surface area contributed by atoms with Crippen molar-refractivity contribution >= 4 is 23.2 Å². The number of aromatic nitrogens is 1. The summed E-state index contributed by atoms with van der Waals surface area (Å²) in [6.45, 7) is 6.42. The van der Waals surface area contributed by atoms with Crippen LogP contribution in [-0.2, 0) is 32.2 Å². The van der Waals surface area contributed by atoms with Crippen LogP contribution in [0.4, 0.5) is 0 Å². The predicted molar refractivity (Wildman–Crippen MR) is 111 cm³/mol. The number of esters is 1. The van der Waals surface area contributed by atoms with Gasteiger partial charge < -0.3 is 19.1 Å². The number of rotatable bonds is 13. The SMILES string of the molecule is CCOCCCN(Cc1nc(C(=O)OCC)cs1)C(=O)COCc1ccccc1. The van der Waals surface area contributed by atoms with Gasteiger partial charge in [-0.2, -0.15) is 0 Å². The minimum absolute atomic E-state index is 0.0142. The van der Waals surface area contributed by atoms with Crippen LogP contribution < -0.4 is 0 Å². The maximum Gasteiger partial charge on any atom is 0.357 e. The molecule has 0 aliphatic heterocycles. The Bertz CT molecular complexity index is 751. The Labute approximate surface area is 175 Å². The molecular weight excluding hydrogens is 392 g/mol. The molecule has 0 unspecified atom stereocenters. The summed E-state index contributed by atoms with van der Waals surface area (Å²) >= 11 is 1.34. The molecule has 7 nitrogen and oxygen atoms in total. The average Bonchev–Trinajstić information content (AvgIpc) is 3.20. The van der Waals surface area contributed by atoms with Gasteiger partial charge in [-0.3, -0.25) is 4.79 Å². The van der Waals surface area contributed by atoms with Gasteiger partial charge in [-0.15, -0.1) is 11.3 Å². The van der Waals surface area contributed by atoms with Crippen LogP contribution in [0.3, 0.4) is 0 Å². The highest BCUT2D eigenvalue weighted by molar-refractivity contribution is 7.09. The monoisotopic (exact) mass is 420 g/mol. The summed E-state index contributed by atoms with van der Waals surface area (Å²) in [6.07, 6.45) is 0.717. The molecule has 29 heavy (non-hydrogen) atoms. The molecule has 2 rings (SSSR count). The number of nitrogens with zero attached hydrogens (tertiary/aromatic N) is 2. The number of thiazole rings is 1. The molecule has 0 saturated carbocycles. The molecule has 0 N–H and O–H groups in total. The van der Waals surface area contributed by atoms with E-state index in [1.165, 1.54) is 11.3 Å². The Morgan fingerprint density at radius 2 is 1.90 bits per heavy atom. The van der Waals surface area contributed by atoms with Gasteiger partial charge in [0.25, 0.3) is 0 Å². The molecule has 158 valence electrons. The first-order valence-electron chi connectivity index (χ1n) is 9.72. The van der Waals surface area contributed by atoms with Crippen molar-refractivity contribution in [3.63, 3.8) is 0 Å². The highest BCUT2D eigenvalue weighted by Crippen LogP contribution is 2.14. The van der Waals surface area contributed by atoms with Crippen LogP contribution in [-0.4, -0.2) is 54.7 Å². The van der Waals surface area contributed by atoms with Crippen molar-refractivity contribution in [3.05, 3.63) is 52.0 Å². The molecule has 1 heterocycles. The van der Waals surface area contributed by atoms with E-state index in [4.69, 9.17) is 14.2 Å². The van der Waals surface area contributed by atoms with E-state index in [0.717, 1.165) is 5.56 Å². The van der Waals surface area contributed by atoms with E-state index in [0.29, 0.717) is 50.9 Å². The lowest BCUT2D eigenvalue weighted by atomic mass is 10.2. The van der Waals surface area contributed by atoms with Crippen molar-refractivity contribution in [3.8, 4) is 0 Å². The number of carbonyl (C=O) groups is 2. The van der Waals surface area contributed by atoms with Gasteiger partial charge in [0.05, 0.1) is 19.8 Å². The van der Waals surface area contributed by atoms with Gasteiger partial charge in [0.2, 0.25) is 5.91 Å². The second kappa shape index (κ2) is 13.0. The van der Waals surface area contributed by atoms with Crippen molar-refractivity contribution in [1.82, 2.24) is 9.88 Å². The number of benzene rings is 1. The lowest BCUT2D eigenvalue weighted by Gasteiger charge is -2.21. The second-order valence-electron chi connectivity index (χ2n) is 6.19.